The van der Waals surface area contributed by atoms with E-state index in [2.05, 4.69) is 9.97 Å². The Morgan fingerprint density at radius 3 is 3.19 bits per heavy atom. The molecule has 0 aromatic carbocycles. The Bertz CT molecular complexity index is 399. The number of hydrogen-bond donors (Lipinski definition) is 1. The quantitative estimate of drug-likeness (QED) is 0.805. The van der Waals surface area contributed by atoms with Crippen LogP contribution in [0, 0.1) is 0 Å². The Balaban J connectivity index is 2.25. The van der Waals surface area contributed by atoms with Crippen LogP contribution in [0.25, 0.3) is 0 Å². The van der Waals surface area contributed by atoms with Gasteiger partial charge in [-0.1, -0.05) is 0 Å². The van der Waals surface area contributed by atoms with Crippen molar-refractivity contribution in [3.05, 3.63) is 23.8 Å². The van der Waals surface area contributed by atoms with Crippen LogP contribution >= 0.6 is 11.6 Å². The van der Waals surface area contributed by atoms with E-state index < -0.39 is 6.09 Å². The lowest BCUT2D eigenvalue weighted by atomic mass is 10.2. The summed E-state index contributed by atoms with van der Waals surface area (Å²) in [5.74, 6) is 0.869. The van der Waals surface area contributed by atoms with Crippen molar-refractivity contribution in [2.45, 2.75) is 24.8 Å². The number of alkyl halides is 1. The first-order valence-electron chi connectivity index (χ1n) is 5.09. The van der Waals surface area contributed by atoms with Gasteiger partial charge >= 0.3 is 6.09 Å². The molecule has 6 heteroatoms. The summed E-state index contributed by atoms with van der Waals surface area (Å²) >= 11 is 5.68. The molecule has 1 N–H and O–H groups in total. The molecule has 2 heterocycles. The molecule has 2 rings (SSSR count). The predicted octanol–water partition coefficient (Wildman–Crippen LogP) is 2.03. The monoisotopic (exact) mass is 241 g/mol. The van der Waals surface area contributed by atoms with Crippen LogP contribution < -0.4 is 0 Å². The number of hydrogen-bond acceptors (Lipinski definition) is 3. The Morgan fingerprint density at radius 2 is 2.50 bits per heavy atom. The van der Waals surface area contributed by atoms with Gasteiger partial charge in [0.05, 0.1) is 17.6 Å². The van der Waals surface area contributed by atoms with E-state index in [1.54, 1.807) is 12.3 Å². The number of amides is 1. The van der Waals surface area contributed by atoms with Crippen LogP contribution in [0.4, 0.5) is 4.79 Å². The number of halogens is 1. The molecule has 16 heavy (non-hydrogen) atoms. The first-order valence-corrected chi connectivity index (χ1v) is 5.63. The highest BCUT2D eigenvalue weighted by molar-refractivity contribution is 6.16. The van der Waals surface area contributed by atoms with E-state index >= 15 is 0 Å². The second-order valence-electron chi connectivity index (χ2n) is 3.67. The third kappa shape index (κ3) is 2.09. The normalized spacial score (nSPS) is 20.1. The molecule has 1 saturated heterocycles. The summed E-state index contributed by atoms with van der Waals surface area (Å²) in [6, 6.07) is 1.51. The van der Waals surface area contributed by atoms with Gasteiger partial charge in [-0.15, -0.1) is 11.6 Å². The average Bonchev–Trinajstić information content (AvgIpc) is 2.78. The Kier molecular flexibility index (Phi) is 3.24. The van der Waals surface area contributed by atoms with Gasteiger partial charge < -0.3 is 5.11 Å². The largest absolute Gasteiger partial charge is 0.465 e. The van der Waals surface area contributed by atoms with Crippen molar-refractivity contribution in [3.8, 4) is 0 Å². The molecular formula is C10H12ClN3O2. The molecule has 1 atom stereocenters. The van der Waals surface area contributed by atoms with Crippen LogP contribution in [0.15, 0.2) is 12.3 Å². The molecule has 0 bridgehead atoms. The van der Waals surface area contributed by atoms with Crippen molar-refractivity contribution >= 4 is 17.7 Å². The predicted molar refractivity (Wildman–Crippen MR) is 58.3 cm³/mol. The molecule has 0 saturated carbocycles. The van der Waals surface area contributed by atoms with Crippen molar-refractivity contribution in [1.82, 2.24) is 14.9 Å². The first-order chi connectivity index (χ1) is 7.72. The van der Waals surface area contributed by atoms with E-state index in [1.165, 1.54) is 4.90 Å². The summed E-state index contributed by atoms with van der Waals surface area (Å²) in [6.07, 6.45) is 2.34. The van der Waals surface area contributed by atoms with Crippen molar-refractivity contribution in [3.63, 3.8) is 0 Å². The lowest BCUT2D eigenvalue weighted by molar-refractivity contribution is 0.138. The Morgan fingerprint density at radius 1 is 1.69 bits per heavy atom. The van der Waals surface area contributed by atoms with E-state index in [4.69, 9.17) is 16.7 Å². The van der Waals surface area contributed by atoms with E-state index in [0.717, 1.165) is 18.5 Å². The summed E-state index contributed by atoms with van der Waals surface area (Å²) < 4.78 is 0. The third-order valence-corrected chi connectivity index (χ3v) is 2.94. The number of likely N-dealkylation sites (tertiary alicyclic amines) is 1. The molecule has 1 aliphatic rings. The zero-order chi connectivity index (χ0) is 11.5. The third-order valence-electron chi connectivity index (χ3n) is 2.67. The highest BCUT2D eigenvalue weighted by Crippen LogP contribution is 2.29. The Hall–Kier alpha value is -1.36. The average molecular weight is 242 g/mol. The van der Waals surface area contributed by atoms with Crippen LogP contribution in [0.1, 0.15) is 30.4 Å². The molecule has 1 amide bonds. The minimum absolute atomic E-state index is 0.222. The molecule has 0 aliphatic carbocycles. The standard InChI is InChI=1S/C10H12ClN3O2/c11-6-7-3-4-12-9(13-7)8-2-1-5-14(8)10(15)16/h3-4,8H,1-2,5-6H2,(H,15,16). The summed E-state index contributed by atoms with van der Waals surface area (Å²) in [6.45, 7) is 0.550. The van der Waals surface area contributed by atoms with Crippen LogP contribution in [0.3, 0.4) is 0 Å². The molecule has 86 valence electrons. The Labute approximate surface area is 98.1 Å². The lowest BCUT2D eigenvalue weighted by Crippen LogP contribution is -2.29. The fourth-order valence-electron chi connectivity index (χ4n) is 1.91. The number of rotatable bonds is 2. The van der Waals surface area contributed by atoms with E-state index in [0.29, 0.717) is 18.2 Å². The number of nitrogens with zero attached hydrogens (tertiary/aromatic N) is 3. The first kappa shape index (κ1) is 11.1. The summed E-state index contributed by atoms with van der Waals surface area (Å²) in [7, 11) is 0. The molecule has 1 fully saturated rings. The van der Waals surface area contributed by atoms with Crippen molar-refractivity contribution in [1.29, 1.82) is 0 Å². The van der Waals surface area contributed by atoms with E-state index in [1.807, 2.05) is 0 Å². The van der Waals surface area contributed by atoms with Gasteiger partial charge in [-0.05, 0) is 18.9 Å². The van der Waals surface area contributed by atoms with Crippen LogP contribution in [-0.2, 0) is 5.88 Å². The maximum absolute atomic E-state index is 11.0. The molecule has 1 aromatic heterocycles. The topological polar surface area (TPSA) is 66.3 Å². The number of aromatic nitrogens is 2. The highest BCUT2D eigenvalue weighted by Gasteiger charge is 2.31. The summed E-state index contributed by atoms with van der Waals surface area (Å²) in [5, 5.41) is 9.02. The second kappa shape index (κ2) is 4.65. The smallest absolute Gasteiger partial charge is 0.407 e. The molecule has 0 radical (unpaired) electrons. The van der Waals surface area contributed by atoms with Crippen molar-refractivity contribution in [2.24, 2.45) is 0 Å². The molecule has 1 aromatic rings. The van der Waals surface area contributed by atoms with Gasteiger partial charge in [0, 0.05) is 12.7 Å². The molecule has 1 aliphatic heterocycles. The van der Waals surface area contributed by atoms with Crippen molar-refractivity contribution in [2.75, 3.05) is 6.54 Å². The van der Waals surface area contributed by atoms with Gasteiger partial charge in [0.2, 0.25) is 0 Å². The van der Waals surface area contributed by atoms with E-state index in [-0.39, 0.29) is 6.04 Å². The maximum atomic E-state index is 11.0. The zero-order valence-electron chi connectivity index (χ0n) is 8.64. The lowest BCUT2D eigenvalue weighted by Gasteiger charge is -2.20. The van der Waals surface area contributed by atoms with Crippen molar-refractivity contribution < 1.29 is 9.90 Å². The van der Waals surface area contributed by atoms with Crippen LogP contribution in [0.5, 0.6) is 0 Å². The maximum Gasteiger partial charge on any atom is 0.407 e. The van der Waals surface area contributed by atoms with Crippen LogP contribution in [-0.4, -0.2) is 32.6 Å². The van der Waals surface area contributed by atoms with E-state index in [9.17, 15) is 4.79 Å². The zero-order valence-corrected chi connectivity index (χ0v) is 9.39. The van der Waals surface area contributed by atoms with Gasteiger partial charge in [-0.25, -0.2) is 14.8 Å². The van der Waals surface area contributed by atoms with Gasteiger partial charge in [-0.2, -0.15) is 0 Å². The van der Waals surface area contributed by atoms with Gasteiger partial charge in [0.25, 0.3) is 0 Å². The highest BCUT2D eigenvalue weighted by atomic mass is 35.5. The second-order valence-corrected chi connectivity index (χ2v) is 3.94. The van der Waals surface area contributed by atoms with Gasteiger partial charge in [0.1, 0.15) is 0 Å². The fraction of sp³-hybridized carbons (Fsp3) is 0.500. The molecular weight excluding hydrogens is 230 g/mol. The molecule has 1 unspecified atom stereocenters. The minimum Gasteiger partial charge on any atom is -0.465 e. The number of carboxylic acid groups (broad SMARTS) is 1. The summed E-state index contributed by atoms with van der Waals surface area (Å²) in [5.41, 5.74) is 0.726. The SMILES string of the molecule is O=C(O)N1CCCC1c1nccc(CCl)n1. The molecule has 5 nitrogen and oxygen atoms in total. The van der Waals surface area contributed by atoms with Crippen LogP contribution in [0.2, 0.25) is 0 Å². The molecule has 0 spiro atoms. The number of carbonyl (C=O) groups is 1. The minimum atomic E-state index is -0.914. The summed E-state index contributed by atoms with van der Waals surface area (Å²) in [4.78, 5) is 20.8. The van der Waals surface area contributed by atoms with Gasteiger partial charge in [0.15, 0.2) is 5.82 Å². The fourth-order valence-corrected chi connectivity index (χ4v) is 2.06. The van der Waals surface area contributed by atoms with Gasteiger partial charge in [-0.3, -0.25) is 4.90 Å².